The molecule has 0 radical (unpaired) electrons. The first kappa shape index (κ1) is 21.0. The Kier molecular flexibility index (Phi) is 13.1. The summed E-state index contributed by atoms with van der Waals surface area (Å²) < 4.78 is 0. The lowest BCUT2D eigenvalue weighted by molar-refractivity contribution is 0.404. The molecule has 0 aliphatic heterocycles. The quantitative estimate of drug-likeness (QED) is 0.265. The van der Waals surface area contributed by atoms with Gasteiger partial charge in [0, 0.05) is 0 Å². The predicted molar refractivity (Wildman–Crippen MR) is 106 cm³/mol. The molecule has 1 saturated carbocycles. The molecule has 0 heterocycles. The molecule has 0 N–H and O–H groups in total. The average molecular weight is 323 g/mol. The van der Waals surface area contributed by atoms with Crippen LogP contribution in [0, 0.1) is 17.8 Å². The maximum Gasteiger partial charge on any atom is -0.0414 e. The highest BCUT2D eigenvalue weighted by Gasteiger charge is 2.13. The van der Waals surface area contributed by atoms with E-state index in [1.807, 2.05) is 0 Å². The van der Waals surface area contributed by atoms with E-state index in [9.17, 15) is 0 Å². The van der Waals surface area contributed by atoms with E-state index in [-0.39, 0.29) is 0 Å². The van der Waals surface area contributed by atoms with Crippen LogP contribution in [0.5, 0.6) is 0 Å². The molecule has 138 valence electrons. The second kappa shape index (κ2) is 14.4. The summed E-state index contributed by atoms with van der Waals surface area (Å²) in [4.78, 5) is 0. The van der Waals surface area contributed by atoms with E-state index in [0.29, 0.717) is 0 Å². The molecule has 1 rings (SSSR count). The zero-order chi connectivity index (χ0) is 16.8. The molecule has 0 saturated heterocycles. The standard InChI is InChI=1S/C23H46/c1-4-5-14-21(2)15-8-6-9-16-22(3)17-10-7-11-18-23-19-12-13-20-23/h21-23H,4-20H2,1-3H3. The Balaban J connectivity index is 1.81. The molecule has 23 heavy (non-hydrogen) atoms. The monoisotopic (exact) mass is 322 g/mol. The van der Waals surface area contributed by atoms with E-state index in [1.165, 1.54) is 109 Å². The first-order chi connectivity index (χ1) is 11.2. The lowest BCUT2D eigenvalue weighted by Crippen LogP contribution is -1.98. The van der Waals surface area contributed by atoms with Crippen LogP contribution in [0.4, 0.5) is 0 Å². The Hall–Kier alpha value is 0. The maximum absolute atomic E-state index is 2.49. The van der Waals surface area contributed by atoms with Crippen LogP contribution in [0.15, 0.2) is 0 Å². The van der Waals surface area contributed by atoms with Crippen LogP contribution in [-0.4, -0.2) is 0 Å². The minimum absolute atomic E-state index is 0.965. The fourth-order valence-corrected chi connectivity index (χ4v) is 4.41. The van der Waals surface area contributed by atoms with Gasteiger partial charge in [0.1, 0.15) is 0 Å². The van der Waals surface area contributed by atoms with Gasteiger partial charge in [0.05, 0.1) is 0 Å². The van der Waals surface area contributed by atoms with Crippen molar-refractivity contribution in [3.8, 4) is 0 Å². The van der Waals surface area contributed by atoms with Crippen molar-refractivity contribution in [3.05, 3.63) is 0 Å². The number of rotatable bonds is 15. The molecular formula is C23H46. The largest absolute Gasteiger partial charge is 0.0654 e. The Labute approximate surface area is 148 Å². The van der Waals surface area contributed by atoms with Crippen LogP contribution in [0.2, 0.25) is 0 Å². The number of unbranched alkanes of at least 4 members (excludes halogenated alkanes) is 5. The Morgan fingerprint density at radius 1 is 0.652 bits per heavy atom. The first-order valence-corrected chi connectivity index (χ1v) is 11.2. The molecule has 0 heteroatoms. The maximum atomic E-state index is 2.49. The van der Waals surface area contributed by atoms with Gasteiger partial charge in [-0.2, -0.15) is 0 Å². The van der Waals surface area contributed by atoms with E-state index in [0.717, 1.165) is 17.8 Å². The third-order valence-electron chi connectivity index (χ3n) is 6.23. The number of hydrogen-bond acceptors (Lipinski definition) is 0. The molecule has 0 aromatic rings. The van der Waals surface area contributed by atoms with Gasteiger partial charge in [0.25, 0.3) is 0 Å². The second-order valence-corrected chi connectivity index (χ2v) is 8.78. The predicted octanol–water partition coefficient (Wildman–Crippen LogP) is 8.54. The molecule has 2 atom stereocenters. The molecule has 1 fully saturated rings. The van der Waals surface area contributed by atoms with Gasteiger partial charge in [-0.15, -0.1) is 0 Å². The van der Waals surface area contributed by atoms with Crippen molar-refractivity contribution in [1.29, 1.82) is 0 Å². The van der Waals surface area contributed by atoms with E-state index >= 15 is 0 Å². The van der Waals surface area contributed by atoms with Crippen LogP contribution >= 0.6 is 0 Å². The van der Waals surface area contributed by atoms with Gasteiger partial charge in [-0.1, -0.05) is 130 Å². The van der Waals surface area contributed by atoms with Gasteiger partial charge in [-0.3, -0.25) is 0 Å². The summed E-state index contributed by atoms with van der Waals surface area (Å²) >= 11 is 0. The van der Waals surface area contributed by atoms with Gasteiger partial charge >= 0.3 is 0 Å². The van der Waals surface area contributed by atoms with Gasteiger partial charge in [0.15, 0.2) is 0 Å². The third kappa shape index (κ3) is 12.1. The third-order valence-corrected chi connectivity index (χ3v) is 6.23. The smallest absolute Gasteiger partial charge is 0.0414 e. The Morgan fingerprint density at radius 3 is 1.65 bits per heavy atom. The fourth-order valence-electron chi connectivity index (χ4n) is 4.41. The van der Waals surface area contributed by atoms with Gasteiger partial charge in [0.2, 0.25) is 0 Å². The minimum Gasteiger partial charge on any atom is -0.0654 e. The molecular weight excluding hydrogens is 276 g/mol. The Bertz CT molecular complexity index is 238. The lowest BCUT2D eigenvalue weighted by Gasteiger charge is -2.13. The summed E-state index contributed by atoms with van der Waals surface area (Å²) in [6, 6.07) is 0. The SMILES string of the molecule is CCCCC(C)CCCCCC(C)CCCCCC1CCCC1. The van der Waals surface area contributed by atoms with Crippen molar-refractivity contribution >= 4 is 0 Å². The summed E-state index contributed by atoms with van der Waals surface area (Å²) in [7, 11) is 0. The summed E-state index contributed by atoms with van der Waals surface area (Å²) in [5.41, 5.74) is 0. The van der Waals surface area contributed by atoms with Crippen molar-refractivity contribution in [3.63, 3.8) is 0 Å². The molecule has 0 nitrogen and oxygen atoms in total. The zero-order valence-electron chi connectivity index (χ0n) is 16.8. The fraction of sp³-hybridized carbons (Fsp3) is 1.00. The van der Waals surface area contributed by atoms with E-state index in [2.05, 4.69) is 20.8 Å². The molecule has 0 aromatic heterocycles. The van der Waals surface area contributed by atoms with Crippen LogP contribution in [-0.2, 0) is 0 Å². The zero-order valence-corrected chi connectivity index (χ0v) is 16.8. The summed E-state index contributed by atoms with van der Waals surface area (Å²) in [6.45, 7) is 7.24. The van der Waals surface area contributed by atoms with Gasteiger partial charge in [-0.05, 0) is 17.8 Å². The number of hydrogen-bond donors (Lipinski definition) is 0. The van der Waals surface area contributed by atoms with Gasteiger partial charge in [-0.25, -0.2) is 0 Å². The van der Waals surface area contributed by atoms with E-state index in [4.69, 9.17) is 0 Å². The molecule has 1 aliphatic carbocycles. The Morgan fingerprint density at radius 2 is 1.13 bits per heavy atom. The summed E-state index contributed by atoms with van der Waals surface area (Å²) in [5, 5.41) is 0. The molecule has 1 aliphatic rings. The van der Waals surface area contributed by atoms with Crippen molar-refractivity contribution in [2.24, 2.45) is 17.8 Å². The van der Waals surface area contributed by atoms with E-state index < -0.39 is 0 Å². The van der Waals surface area contributed by atoms with Crippen molar-refractivity contribution in [2.45, 2.75) is 130 Å². The van der Waals surface area contributed by atoms with Crippen molar-refractivity contribution in [1.82, 2.24) is 0 Å². The molecule has 0 aromatic carbocycles. The van der Waals surface area contributed by atoms with Crippen LogP contribution < -0.4 is 0 Å². The second-order valence-electron chi connectivity index (χ2n) is 8.78. The molecule has 0 bridgehead atoms. The molecule has 0 amide bonds. The van der Waals surface area contributed by atoms with Crippen LogP contribution in [0.1, 0.15) is 130 Å². The normalized spacial score (nSPS) is 18.4. The first-order valence-electron chi connectivity index (χ1n) is 11.2. The van der Waals surface area contributed by atoms with Crippen molar-refractivity contribution < 1.29 is 0 Å². The molecule has 2 unspecified atom stereocenters. The van der Waals surface area contributed by atoms with E-state index in [1.54, 1.807) is 0 Å². The highest BCUT2D eigenvalue weighted by Crippen LogP contribution is 2.29. The van der Waals surface area contributed by atoms with Crippen LogP contribution in [0.25, 0.3) is 0 Å². The average Bonchev–Trinajstić information content (AvgIpc) is 3.05. The topological polar surface area (TPSA) is 0 Å². The highest BCUT2D eigenvalue weighted by atomic mass is 14.2. The minimum atomic E-state index is 0.965. The lowest BCUT2D eigenvalue weighted by atomic mass is 9.93. The molecule has 0 spiro atoms. The van der Waals surface area contributed by atoms with Crippen LogP contribution in [0.3, 0.4) is 0 Å². The highest BCUT2D eigenvalue weighted by molar-refractivity contribution is 4.67. The summed E-state index contributed by atoms with van der Waals surface area (Å²) in [6.07, 6.45) is 25.2. The van der Waals surface area contributed by atoms with Gasteiger partial charge < -0.3 is 0 Å². The van der Waals surface area contributed by atoms with Crippen molar-refractivity contribution in [2.75, 3.05) is 0 Å². The summed E-state index contributed by atoms with van der Waals surface area (Å²) in [5.74, 6) is 3.04.